The Bertz CT molecular complexity index is 741. The summed E-state index contributed by atoms with van der Waals surface area (Å²) < 4.78 is 2.67. The van der Waals surface area contributed by atoms with Crippen molar-refractivity contribution in [1.29, 1.82) is 0 Å². The number of aromatic nitrogens is 3. The predicted octanol–water partition coefficient (Wildman–Crippen LogP) is 2.60. The van der Waals surface area contributed by atoms with Crippen molar-refractivity contribution in [2.75, 3.05) is 5.32 Å². The van der Waals surface area contributed by atoms with Crippen molar-refractivity contribution in [3.8, 4) is 0 Å². The van der Waals surface area contributed by atoms with E-state index in [9.17, 15) is 0 Å². The van der Waals surface area contributed by atoms with Crippen LogP contribution in [0.1, 0.15) is 11.1 Å². The highest BCUT2D eigenvalue weighted by Crippen LogP contribution is 2.13. The van der Waals surface area contributed by atoms with Gasteiger partial charge in [-0.3, -0.25) is 0 Å². The zero-order valence-electron chi connectivity index (χ0n) is 10.6. The van der Waals surface area contributed by atoms with E-state index in [-0.39, 0.29) is 6.61 Å². The Hall–Kier alpha value is -1.92. The van der Waals surface area contributed by atoms with Gasteiger partial charge in [0.15, 0.2) is 5.65 Å². The van der Waals surface area contributed by atoms with Crippen LogP contribution in [0.25, 0.3) is 5.65 Å². The first-order valence-corrected chi connectivity index (χ1v) is 6.98. The maximum Gasteiger partial charge on any atom is 0.243 e. The molecule has 2 aromatic heterocycles. The zero-order valence-corrected chi connectivity index (χ0v) is 12.2. The number of nitrogens with zero attached hydrogens (tertiary/aromatic N) is 3. The third kappa shape index (κ3) is 2.81. The van der Waals surface area contributed by atoms with Crippen LogP contribution in [0.5, 0.6) is 0 Å². The zero-order chi connectivity index (χ0) is 13.9. The van der Waals surface area contributed by atoms with Crippen molar-refractivity contribution in [3.05, 3.63) is 58.2 Å². The molecule has 0 unspecified atom stereocenters. The summed E-state index contributed by atoms with van der Waals surface area (Å²) in [6.07, 6.45) is 1.86. The first-order valence-electron chi connectivity index (χ1n) is 6.19. The van der Waals surface area contributed by atoms with E-state index in [1.807, 2.05) is 42.6 Å². The van der Waals surface area contributed by atoms with Crippen molar-refractivity contribution in [2.45, 2.75) is 13.2 Å². The molecule has 3 rings (SSSR count). The average Bonchev–Trinajstić information content (AvgIpc) is 2.87. The van der Waals surface area contributed by atoms with Crippen LogP contribution in [0, 0.1) is 0 Å². The molecule has 0 radical (unpaired) electrons. The SMILES string of the molecule is OCc1cccc(CNc2nc3ccc(Br)cn3n2)c1. The number of benzene rings is 1. The van der Waals surface area contributed by atoms with Gasteiger partial charge in [0.2, 0.25) is 5.95 Å². The summed E-state index contributed by atoms with van der Waals surface area (Å²) >= 11 is 3.40. The fourth-order valence-electron chi connectivity index (χ4n) is 1.95. The van der Waals surface area contributed by atoms with E-state index in [1.54, 1.807) is 4.52 Å². The van der Waals surface area contributed by atoms with Crippen LogP contribution >= 0.6 is 15.9 Å². The topological polar surface area (TPSA) is 62.5 Å². The average molecular weight is 333 g/mol. The quantitative estimate of drug-likeness (QED) is 0.770. The standard InChI is InChI=1S/C14H13BrN4O/c15-12-4-5-13-17-14(18-19(13)8-12)16-7-10-2-1-3-11(6-10)9-20/h1-6,8,20H,7,9H2,(H,16,18). The molecule has 20 heavy (non-hydrogen) atoms. The van der Waals surface area contributed by atoms with Crippen LogP contribution in [-0.2, 0) is 13.2 Å². The summed E-state index contributed by atoms with van der Waals surface area (Å²) in [6, 6.07) is 11.6. The normalized spacial score (nSPS) is 10.9. The fourth-order valence-corrected chi connectivity index (χ4v) is 2.28. The summed E-state index contributed by atoms with van der Waals surface area (Å²) in [5, 5.41) is 16.6. The number of halogens is 1. The number of nitrogens with one attached hydrogen (secondary N) is 1. The van der Waals surface area contributed by atoms with Crippen molar-refractivity contribution in [3.63, 3.8) is 0 Å². The lowest BCUT2D eigenvalue weighted by Crippen LogP contribution is -2.01. The molecule has 2 heterocycles. The molecule has 0 fully saturated rings. The second kappa shape index (κ2) is 5.60. The van der Waals surface area contributed by atoms with Crippen molar-refractivity contribution in [2.24, 2.45) is 0 Å². The molecule has 0 saturated heterocycles. The molecule has 6 heteroatoms. The van der Waals surface area contributed by atoms with Crippen molar-refractivity contribution < 1.29 is 5.11 Å². The van der Waals surface area contributed by atoms with E-state index in [1.165, 1.54) is 0 Å². The van der Waals surface area contributed by atoms with Gasteiger partial charge in [0.1, 0.15) is 0 Å². The van der Waals surface area contributed by atoms with Gasteiger partial charge >= 0.3 is 0 Å². The number of anilines is 1. The molecule has 0 spiro atoms. The molecule has 0 aliphatic carbocycles. The summed E-state index contributed by atoms with van der Waals surface area (Å²) in [4.78, 5) is 4.38. The van der Waals surface area contributed by atoms with Gasteiger partial charge in [0.25, 0.3) is 0 Å². The molecule has 3 aromatic rings. The molecular formula is C14H13BrN4O. The number of pyridine rings is 1. The smallest absolute Gasteiger partial charge is 0.243 e. The minimum Gasteiger partial charge on any atom is -0.392 e. The van der Waals surface area contributed by atoms with Gasteiger partial charge in [-0.05, 0) is 39.2 Å². The molecule has 2 N–H and O–H groups in total. The van der Waals surface area contributed by atoms with Gasteiger partial charge in [-0.1, -0.05) is 24.3 Å². The number of fused-ring (bicyclic) bond motifs is 1. The van der Waals surface area contributed by atoms with Gasteiger partial charge in [-0.25, -0.2) is 4.52 Å². The van der Waals surface area contributed by atoms with Crippen LogP contribution in [0.15, 0.2) is 47.1 Å². The molecule has 0 bridgehead atoms. The lowest BCUT2D eigenvalue weighted by atomic mass is 10.1. The Balaban J connectivity index is 1.76. The van der Waals surface area contributed by atoms with E-state index >= 15 is 0 Å². The first kappa shape index (κ1) is 13.1. The maximum absolute atomic E-state index is 9.12. The van der Waals surface area contributed by atoms with E-state index in [0.29, 0.717) is 12.5 Å². The molecule has 0 aliphatic rings. The Labute approximate surface area is 124 Å². The molecule has 0 saturated carbocycles. The fraction of sp³-hybridized carbons (Fsp3) is 0.143. The van der Waals surface area contributed by atoms with Gasteiger partial charge in [-0.15, -0.1) is 5.10 Å². The minimum absolute atomic E-state index is 0.0501. The highest BCUT2D eigenvalue weighted by Gasteiger charge is 2.03. The van der Waals surface area contributed by atoms with Crippen molar-refractivity contribution in [1.82, 2.24) is 14.6 Å². The Morgan fingerprint density at radius 1 is 1.20 bits per heavy atom. The number of hydrogen-bond acceptors (Lipinski definition) is 4. The lowest BCUT2D eigenvalue weighted by Gasteiger charge is -2.03. The second-order valence-electron chi connectivity index (χ2n) is 4.42. The summed E-state index contributed by atoms with van der Waals surface area (Å²) in [5.74, 6) is 0.581. The third-order valence-electron chi connectivity index (χ3n) is 2.92. The number of aliphatic hydroxyl groups excluding tert-OH is 1. The highest BCUT2D eigenvalue weighted by molar-refractivity contribution is 9.10. The largest absolute Gasteiger partial charge is 0.392 e. The monoisotopic (exact) mass is 332 g/mol. The van der Waals surface area contributed by atoms with Gasteiger partial charge < -0.3 is 10.4 Å². The number of hydrogen-bond donors (Lipinski definition) is 2. The Morgan fingerprint density at radius 3 is 2.90 bits per heavy atom. The van der Waals surface area contributed by atoms with E-state index in [4.69, 9.17) is 5.11 Å². The molecule has 0 amide bonds. The maximum atomic E-state index is 9.12. The summed E-state index contributed by atoms with van der Waals surface area (Å²) in [7, 11) is 0. The van der Waals surface area contributed by atoms with Gasteiger partial charge in [0.05, 0.1) is 6.61 Å². The van der Waals surface area contributed by atoms with E-state index < -0.39 is 0 Å². The van der Waals surface area contributed by atoms with Crippen molar-refractivity contribution >= 4 is 27.5 Å². The molecule has 5 nitrogen and oxygen atoms in total. The van der Waals surface area contributed by atoms with E-state index in [0.717, 1.165) is 21.2 Å². The van der Waals surface area contributed by atoms with Crippen LogP contribution in [0.4, 0.5) is 5.95 Å². The molecule has 102 valence electrons. The Kier molecular flexibility index (Phi) is 3.66. The molecular weight excluding hydrogens is 320 g/mol. The molecule has 0 aliphatic heterocycles. The highest BCUT2D eigenvalue weighted by atomic mass is 79.9. The lowest BCUT2D eigenvalue weighted by molar-refractivity contribution is 0.281. The summed E-state index contributed by atoms with van der Waals surface area (Å²) in [6.45, 7) is 0.667. The van der Waals surface area contributed by atoms with Gasteiger partial charge in [0, 0.05) is 17.2 Å². The molecule has 1 aromatic carbocycles. The molecule has 0 atom stereocenters. The van der Waals surface area contributed by atoms with Crippen LogP contribution in [-0.4, -0.2) is 19.7 Å². The first-order chi connectivity index (χ1) is 9.74. The van der Waals surface area contributed by atoms with Crippen LogP contribution in [0.3, 0.4) is 0 Å². The van der Waals surface area contributed by atoms with E-state index in [2.05, 4.69) is 31.3 Å². The number of rotatable bonds is 4. The number of aliphatic hydroxyl groups is 1. The second-order valence-corrected chi connectivity index (χ2v) is 5.33. The van der Waals surface area contributed by atoms with Crippen LogP contribution < -0.4 is 5.32 Å². The van der Waals surface area contributed by atoms with Gasteiger partial charge in [-0.2, -0.15) is 4.98 Å². The van der Waals surface area contributed by atoms with Crippen LogP contribution in [0.2, 0.25) is 0 Å². The summed E-state index contributed by atoms with van der Waals surface area (Å²) in [5.41, 5.74) is 2.77. The predicted molar refractivity (Wildman–Crippen MR) is 80.4 cm³/mol. The Morgan fingerprint density at radius 2 is 2.05 bits per heavy atom. The third-order valence-corrected chi connectivity index (χ3v) is 3.39. The minimum atomic E-state index is 0.0501.